The molecule has 10 rings (SSSR count). The number of amides is 3. The number of nitrogens with zero attached hydrogens (tertiary/aromatic N) is 5. The number of benzene rings is 4. The Kier molecular flexibility index (Phi) is 14.4. The number of ether oxygens (including phenoxy) is 1. The predicted molar refractivity (Wildman–Crippen MR) is 272 cm³/mol. The van der Waals surface area contributed by atoms with Crippen molar-refractivity contribution in [2.75, 3.05) is 50.7 Å². The molecule has 6 aliphatic heterocycles. The fourth-order valence-electron chi connectivity index (χ4n) is 11.7. The van der Waals surface area contributed by atoms with Crippen molar-refractivity contribution in [2.45, 2.75) is 128 Å². The monoisotopic (exact) mass is 976 g/mol. The molecule has 72 heavy (non-hydrogen) atoms. The fraction of sp³-hybridized carbons (Fsp3) is 0.474. The molecule has 0 spiro atoms. The molecule has 6 aliphatic rings. The van der Waals surface area contributed by atoms with Crippen LogP contribution < -0.4 is 35.6 Å². The number of ketones is 1. The van der Waals surface area contributed by atoms with Crippen LogP contribution in [0, 0.1) is 0 Å². The third kappa shape index (κ3) is 10.3. The highest BCUT2D eigenvalue weighted by Crippen LogP contribution is 2.48. The molecule has 6 heterocycles. The van der Waals surface area contributed by atoms with Crippen molar-refractivity contribution in [1.29, 1.82) is 0 Å². The van der Waals surface area contributed by atoms with Gasteiger partial charge >= 0.3 is 5.97 Å². The maximum Gasteiger partial charge on any atom is 0.336 e. The first-order valence-electron chi connectivity index (χ1n) is 26.3. The van der Waals surface area contributed by atoms with E-state index in [4.69, 9.17) is 9.94 Å². The SMILES string of the molecule is CC1(CCN(CCNC(=O)c2ccc(C(=O)O)c(C3=c4cc5c6c(c4Oc4c3cc3c7c4CCCN7CCCC3)CCC[N+]=6CCCC5)c2)C(=O)c2ccc(CC(=O)CCCCCCC(=O)NO)cc2)N=N1. The summed E-state index contributed by atoms with van der Waals surface area (Å²) in [5, 5.41) is 33.1. The third-order valence-electron chi connectivity index (χ3n) is 15.6. The molecule has 15 nitrogen and oxygen atoms in total. The maximum absolute atomic E-state index is 14.3. The molecule has 0 aromatic heterocycles. The number of hydrogen-bond donors (Lipinski definition) is 4. The van der Waals surface area contributed by atoms with Crippen molar-refractivity contribution in [1.82, 2.24) is 20.3 Å². The number of hydrogen-bond acceptors (Lipinski definition) is 10. The number of fused-ring (bicyclic) bond motifs is 4. The van der Waals surface area contributed by atoms with Crippen LogP contribution in [-0.2, 0) is 41.7 Å². The summed E-state index contributed by atoms with van der Waals surface area (Å²) < 4.78 is 9.81. The first-order valence-corrected chi connectivity index (χ1v) is 26.3. The minimum Gasteiger partial charge on any atom is -0.478 e. The number of anilines is 1. The third-order valence-corrected chi connectivity index (χ3v) is 15.6. The van der Waals surface area contributed by atoms with Gasteiger partial charge in [0.1, 0.15) is 30.4 Å². The van der Waals surface area contributed by atoms with E-state index in [1.807, 2.05) is 6.92 Å². The summed E-state index contributed by atoms with van der Waals surface area (Å²) in [7, 11) is 0. The summed E-state index contributed by atoms with van der Waals surface area (Å²) in [4.78, 5) is 70.0. The highest BCUT2D eigenvalue weighted by Gasteiger charge is 2.37. The van der Waals surface area contributed by atoms with Crippen molar-refractivity contribution in [3.8, 4) is 11.5 Å². The zero-order valence-corrected chi connectivity index (χ0v) is 41.5. The van der Waals surface area contributed by atoms with Crippen LogP contribution in [0.25, 0.3) is 5.57 Å². The first kappa shape index (κ1) is 48.9. The highest BCUT2D eigenvalue weighted by atomic mass is 16.5. The van der Waals surface area contributed by atoms with Crippen molar-refractivity contribution in [2.24, 2.45) is 10.2 Å². The Morgan fingerprint density at radius 1 is 0.764 bits per heavy atom. The molecule has 4 aromatic rings. The van der Waals surface area contributed by atoms with E-state index in [9.17, 15) is 29.1 Å². The first-order chi connectivity index (χ1) is 35.0. The molecule has 0 unspecified atom stereocenters. The van der Waals surface area contributed by atoms with E-state index in [1.165, 1.54) is 33.3 Å². The number of carboxylic acids is 1. The van der Waals surface area contributed by atoms with Crippen LogP contribution in [0.3, 0.4) is 0 Å². The topological polar surface area (TPSA) is 193 Å². The van der Waals surface area contributed by atoms with Gasteiger partial charge in [-0.05, 0) is 130 Å². The number of hydroxylamine groups is 1. The second kappa shape index (κ2) is 21.2. The van der Waals surface area contributed by atoms with E-state index in [1.54, 1.807) is 52.8 Å². The van der Waals surface area contributed by atoms with Crippen LogP contribution in [0.15, 0.2) is 64.8 Å². The van der Waals surface area contributed by atoms with Crippen molar-refractivity contribution < 1.29 is 39.0 Å². The summed E-state index contributed by atoms with van der Waals surface area (Å²) in [5.74, 6) is -0.351. The molecule has 0 atom stereocenters. The molecule has 3 amide bonds. The van der Waals surface area contributed by atoms with E-state index in [2.05, 4.69) is 37.2 Å². The van der Waals surface area contributed by atoms with Gasteiger partial charge in [-0.2, -0.15) is 10.2 Å². The molecule has 0 radical (unpaired) electrons. The van der Waals surface area contributed by atoms with Gasteiger partial charge < -0.3 is 25.0 Å². The molecule has 15 heteroatoms. The van der Waals surface area contributed by atoms with Gasteiger partial charge in [0, 0.05) is 116 Å². The van der Waals surface area contributed by atoms with Crippen LogP contribution in [0.1, 0.15) is 160 Å². The molecule has 0 saturated carbocycles. The Labute approximate surface area is 420 Å². The lowest BCUT2D eigenvalue weighted by atomic mass is 9.82. The Balaban J connectivity index is 0.916. The molecule has 4 aromatic carbocycles. The molecule has 0 saturated heterocycles. The largest absolute Gasteiger partial charge is 0.478 e. The lowest BCUT2D eigenvalue weighted by Crippen LogP contribution is -2.41. The van der Waals surface area contributed by atoms with Crippen LogP contribution in [0.5, 0.6) is 11.5 Å². The lowest BCUT2D eigenvalue weighted by Gasteiger charge is -2.35. The van der Waals surface area contributed by atoms with Gasteiger partial charge in [0.2, 0.25) is 11.3 Å². The Morgan fingerprint density at radius 3 is 2.29 bits per heavy atom. The van der Waals surface area contributed by atoms with E-state index in [0.717, 1.165) is 137 Å². The number of unbranched alkanes of at least 4 members (excludes halogenated alkanes) is 3. The average Bonchev–Trinajstić information content (AvgIpc) is 4.20. The van der Waals surface area contributed by atoms with Crippen LogP contribution >= 0.6 is 0 Å². The number of carbonyl (C=O) groups excluding carboxylic acids is 4. The molecular weight excluding hydrogens is 911 g/mol. The van der Waals surface area contributed by atoms with Gasteiger partial charge in [-0.25, -0.2) is 14.9 Å². The quantitative estimate of drug-likeness (QED) is 0.0292. The number of carboxylic acid groups (broad SMARTS) is 1. The number of carbonyl (C=O) groups is 5. The maximum atomic E-state index is 14.3. The molecule has 4 N–H and O–H groups in total. The fourth-order valence-corrected chi connectivity index (χ4v) is 11.7. The van der Waals surface area contributed by atoms with Crippen LogP contribution in [0.4, 0.5) is 5.69 Å². The minimum absolute atomic E-state index is 0.0975. The van der Waals surface area contributed by atoms with E-state index in [-0.39, 0.29) is 49.1 Å². The van der Waals surface area contributed by atoms with Crippen molar-refractivity contribution in [3.05, 3.63) is 121 Å². The van der Waals surface area contributed by atoms with E-state index < -0.39 is 17.5 Å². The summed E-state index contributed by atoms with van der Waals surface area (Å²) in [6.07, 6.45) is 14.4. The van der Waals surface area contributed by atoms with Crippen LogP contribution in [0.2, 0.25) is 0 Å². The summed E-state index contributed by atoms with van der Waals surface area (Å²) in [6, 6.07) is 16.5. The van der Waals surface area contributed by atoms with E-state index in [0.29, 0.717) is 48.9 Å². The minimum atomic E-state index is -1.07. The summed E-state index contributed by atoms with van der Waals surface area (Å²) in [6.45, 7) is 6.64. The Hall–Kier alpha value is -6.74. The second-order valence-electron chi connectivity index (χ2n) is 20.7. The highest BCUT2D eigenvalue weighted by molar-refractivity contribution is 6.03. The normalized spacial score (nSPS) is 16.7. The number of rotatable bonds is 19. The van der Waals surface area contributed by atoms with Gasteiger partial charge in [-0.3, -0.25) is 24.4 Å². The smallest absolute Gasteiger partial charge is 0.336 e. The number of Topliss-reactive ketones (excluding diaryl/α,β-unsaturated/α-hetero) is 1. The van der Waals surface area contributed by atoms with Crippen LogP contribution in [-0.4, -0.2) is 96.2 Å². The van der Waals surface area contributed by atoms with Gasteiger partial charge in [-0.15, -0.1) is 0 Å². The zero-order chi connectivity index (χ0) is 49.9. The van der Waals surface area contributed by atoms with E-state index >= 15 is 0 Å². The van der Waals surface area contributed by atoms with Gasteiger partial charge in [-0.1, -0.05) is 25.0 Å². The lowest BCUT2D eigenvalue weighted by molar-refractivity contribution is -0.129. The van der Waals surface area contributed by atoms with Gasteiger partial charge in [0.25, 0.3) is 11.8 Å². The number of nitrogens with one attached hydrogen (secondary N) is 2. The van der Waals surface area contributed by atoms with Crippen molar-refractivity contribution in [3.63, 3.8) is 0 Å². The van der Waals surface area contributed by atoms with Gasteiger partial charge in [0.05, 0.1) is 11.1 Å². The molecule has 376 valence electrons. The average molecular weight is 977 g/mol. The summed E-state index contributed by atoms with van der Waals surface area (Å²) in [5.41, 5.74) is 11.2. The molecular formula is C57H66N7O8+. The second-order valence-corrected chi connectivity index (χ2v) is 20.7. The standard InChI is InChI=1S/C57H65N7O8/c1-57(60-61-57)24-30-64(55(68)37-20-18-36(19-21-37)32-41(65)14-4-2-3-5-17-48(66)59-71)31-25-58-54(67)40-22-23-42(56(69)70)45(35-40)49-46-33-38-12-6-8-26-62-28-10-15-43(50(38)62)52(46)72-53-44-16-11-29-63-27-9-7-13-39(51(44)63)34-47(49)53/h18-23,33-35H,2-17,24-32H2,1H3,(H3-,58,59,60,61,66,67,69,70,71)/p+1. The number of aromatic carboxylic acids is 1. The zero-order valence-electron chi connectivity index (χ0n) is 41.5. The predicted octanol–water partition coefficient (Wildman–Crippen LogP) is 7.00. The van der Waals surface area contributed by atoms with Gasteiger partial charge in [0.15, 0.2) is 5.66 Å². The van der Waals surface area contributed by atoms with Crippen molar-refractivity contribution >= 4 is 40.7 Å². The number of aryl methyl sites for hydroxylation is 2. The summed E-state index contributed by atoms with van der Waals surface area (Å²) >= 11 is 0. The Morgan fingerprint density at radius 2 is 1.50 bits per heavy atom. The Bertz CT molecular complexity index is 2990. The molecule has 0 aliphatic carbocycles. The molecule has 0 fully saturated rings. The molecule has 0 bridgehead atoms.